The molecule has 0 radical (unpaired) electrons. The fourth-order valence-electron chi connectivity index (χ4n) is 2.68. The zero-order valence-electron chi connectivity index (χ0n) is 14.2. The highest BCUT2D eigenvalue weighted by Gasteiger charge is 2.21. The normalized spacial score (nSPS) is 13.6. The van der Waals surface area contributed by atoms with E-state index in [0.717, 1.165) is 36.4 Å². The second-order valence-corrected chi connectivity index (χ2v) is 6.47. The van der Waals surface area contributed by atoms with Crippen LogP contribution in [-0.4, -0.2) is 29.3 Å². The molecule has 2 heterocycles. The average molecular weight is 328 g/mol. The van der Waals surface area contributed by atoms with Gasteiger partial charge in [-0.15, -0.1) is 0 Å². The van der Waals surface area contributed by atoms with Gasteiger partial charge in [-0.1, -0.05) is 19.9 Å². The molecule has 0 spiro atoms. The van der Waals surface area contributed by atoms with Crippen LogP contribution in [0.1, 0.15) is 42.0 Å². The number of benzene rings is 1. The van der Waals surface area contributed by atoms with Crippen molar-refractivity contribution in [3.8, 4) is 5.75 Å². The summed E-state index contributed by atoms with van der Waals surface area (Å²) in [4.78, 5) is 12.5. The molecule has 3 rings (SSSR count). The molecule has 1 aromatic carbocycles. The second kappa shape index (κ2) is 7.49. The number of nitrogens with zero attached hydrogens (tertiary/aromatic N) is 1. The Hall–Kier alpha value is -2.34. The molecule has 0 saturated heterocycles. The van der Waals surface area contributed by atoms with E-state index in [1.165, 1.54) is 0 Å². The number of H-pyrrole nitrogens is 1. The Bertz CT molecular complexity index is 709. The maximum Gasteiger partial charge on any atom is 0.276 e. The Morgan fingerprint density at radius 3 is 3.12 bits per heavy atom. The first-order chi connectivity index (χ1) is 11.6. The van der Waals surface area contributed by atoms with Crippen molar-refractivity contribution in [3.63, 3.8) is 0 Å². The first-order valence-electron chi connectivity index (χ1n) is 8.44. The molecule has 1 aliphatic rings. The lowest BCUT2D eigenvalue weighted by Crippen LogP contribution is -2.25. The SMILES string of the molecule is CC(C)CCOc1cccc(NC(=O)c2n[nH]c3c2CNCC3)c1. The second-order valence-electron chi connectivity index (χ2n) is 6.47. The minimum Gasteiger partial charge on any atom is -0.494 e. The van der Waals surface area contributed by atoms with E-state index in [9.17, 15) is 4.79 Å². The van der Waals surface area contributed by atoms with Crippen LogP contribution in [0, 0.1) is 5.92 Å². The summed E-state index contributed by atoms with van der Waals surface area (Å²) >= 11 is 0. The van der Waals surface area contributed by atoms with Gasteiger partial charge in [0.15, 0.2) is 5.69 Å². The summed E-state index contributed by atoms with van der Waals surface area (Å²) in [6.45, 7) is 6.59. The van der Waals surface area contributed by atoms with Gasteiger partial charge >= 0.3 is 0 Å². The lowest BCUT2D eigenvalue weighted by molar-refractivity contribution is 0.102. The van der Waals surface area contributed by atoms with Crippen molar-refractivity contribution in [2.24, 2.45) is 5.92 Å². The van der Waals surface area contributed by atoms with Gasteiger partial charge in [0.2, 0.25) is 0 Å². The number of nitrogens with one attached hydrogen (secondary N) is 3. The van der Waals surface area contributed by atoms with E-state index in [1.54, 1.807) is 0 Å². The molecule has 2 aromatic rings. The fraction of sp³-hybridized carbons (Fsp3) is 0.444. The molecule has 0 fully saturated rings. The maximum atomic E-state index is 12.5. The van der Waals surface area contributed by atoms with Gasteiger partial charge in [0, 0.05) is 42.5 Å². The van der Waals surface area contributed by atoms with Crippen molar-refractivity contribution < 1.29 is 9.53 Å². The van der Waals surface area contributed by atoms with Crippen molar-refractivity contribution in [2.45, 2.75) is 33.2 Å². The van der Waals surface area contributed by atoms with Crippen LogP contribution in [0.15, 0.2) is 24.3 Å². The van der Waals surface area contributed by atoms with Crippen LogP contribution in [0.2, 0.25) is 0 Å². The average Bonchev–Trinajstić information content (AvgIpc) is 2.99. The lowest BCUT2D eigenvalue weighted by Gasteiger charge is -2.13. The van der Waals surface area contributed by atoms with Gasteiger partial charge in [0.05, 0.1) is 6.61 Å². The van der Waals surface area contributed by atoms with E-state index in [-0.39, 0.29) is 5.91 Å². The smallest absolute Gasteiger partial charge is 0.276 e. The lowest BCUT2D eigenvalue weighted by atomic mass is 10.1. The van der Waals surface area contributed by atoms with E-state index in [2.05, 4.69) is 34.7 Å². The molecule has 6 nitrogen and oxygen atoms in total. The van der Waals surface area contributed by atoms with Crippen LogP contribution in [-0.2, 0) is 13.0 Å². The van der Waals surface area contributed by atoms with Gasteiger partial charge in [-0.05, 0) is 24.5 Å². The Morgan fingerprint density at radius 2 is 2.29 bits per heavy atom. The third-order valence-electron chi connectivity index (χ3n) is 4.08. The van der Waals surface area contributed by atoms with Gasteiger partial charge in [-0.2, -0.15) is 5.10 Å². The summed E-state index contributed by atoms with van der Waals surface area (Å²) in [7, 11) is 0. The zero-order valence-corrected chi connectivity index (χ0v) is 14.2. The van der Waals surface area contributed by atoms with Crippen LogP contribution < -0.4 is 15.4 Å². The Balaban J connectivity index is 1.65. The predicted octanol–water partition coefficient (Wildman–Crippen LogP) is 2.73. The summed E-state index contributed by atoms with van der Waals surface area (Å²) in [6, 6.07) is 7.47. The molecule has 0 aliphatic carbocycles. The summed E-state index contributed by atoms with van der Waals surface area (Å²) < 4.78 is 5.74. The summed E-state index contributed by atoms with van der Waals surface area (Å²) in [5.74, 6) is 1.17. The number of amides is 1. The van der Waals surface area contributed by atoms with Crippen molar-refractivity contribution in [1.29, 1.82) is 0 Å². The molecule has 128 valence electrons. The summed E-state index contributed by atoms with van der Waals surface area (Å²) in [6.07, 6.45) is 1.87. The van der Waals surface area contributed by atoms with Gasteiger partial charge < -0.3 is 15.4 Å². The molecular weight excluding hydrogens is 304 g/mol. The first kappa shape index (κ1) is 16.5. The van der Waals surface area contributed by atoms with Gasteiger partial charge in [0.25, 0.3) is 5.91 Å². The number of fused-ring (bicyclic) bond motifs is 1. The number of ether oxygens (including phenoxy) is 1. The molecule has 0 unspecified atom stereocenters. The predicted molar refractivity (Wildman–Crippen MR) is 93.3 cm³/mol. The molecule has 3 N–H and O–H groups in total. The van der Waals surface area contributed by atoms with Crippen molar-refractivity contribution in [2.75, 3.05) is 18.5 Å². The molecule has 0 atom stereocenters. The first-order valence-corrected chi connectivity index (χ1v) is 8.44. The molecule has 1 aromatic heterocycles. The van der Waals surface area contributed by atoms with Gasteiger partial charge in [-0.25, -0.2) is 0 Å². The third-order valence-corrected chi connectivity index (χ3v) is 4.08. The molecule has 24 heavy (non-hydrogen) atoms. The van der Waals surface area contributed by atoms with Crippen LogP contribution in [0.4, 0.5) is 5.69 Å². The van der Waals surface area contributed by atoms with Gasteiger partial charge in [0.1, 0.15) is 5.75 Å². The molecule has 1 amide bonds. The maximum absolute atomic E-state index is 12.5. The highest BCUT2D eigenvalue weighted by molar-refractivity contribution is 6.04. The monoisotopic (exact) mass is 328 g/mol. The highest BCUT2D eigenvalue weighted by Crippen LogP contribution is 2.20. The minimum absolute atomic E-state index is 0.199. The standard InChI is InChI=1S/C18H24N4O2/c1-12(2)7-9-24-14-5-3-4-13(10-14)20-18(23)17-15-11-19-8-6-16(15)21-22-17/h3-5,10,12,19H,6-9,11H2,1-2H3,(H,20,23)(H,21,22). The van der Waals surface area contributed by atoms with Gasteiger partial charge in [-0.3, -0.25) is 9.89 Å². The Kier molecular flexibility index (Phi) is 5.15. The van der Waals surface area contributed by atoms with E-state index in [0.29, 0.717) is 30.5 Å². The van der Waals surface area contributed by atoms with Crippen molar-refractivity contribution in [1.82, 2.24) is 15.5 Å². The number of carbonyl (C=O) groups is 1. The number of aromatic amines is 1. The van der Waals surface area contributed by atoms with Crippen LogP contribution >= 0.6 is 0 Å². The number of carbonyl (C=O) groups excluding carboxylic acids is 1. The van der Waals surface area contributed by atoms with E-state index in [4.69, 9.17) is 4.74 Å². The topological polar surface area (TPSA) is 79.0 Å². The third kappa shape index (κ3) is 3.94. The Labute approximate surface area is 142 Å². The molecule has 6 heteroatoms. The molecule has 1 aliphatic heterocycles. The molecule has 0 bridgehead atoms. The zero-order chi connectivity index (χ0) is 16.9. The van der Waals surface area contributed by atoms with Crippen LogP contribution in [0.5, 0.6) is 5.75 Å². The van der Waals surface area contributed by atoms with E-state index in [1.807, 2.05) is 24.3 Å². The van der Waals surface area contributed by atoms with Crippen molar-refractivity contribution >= 4 is 11.6 Å². The Morgan fingerprint density at radius 1 is 1.42 bits per heavy atom. The van der Waals surface area contributed by atoms with E-state index < -0.39 is 0 Å². The summed E-state index contributed by atoms with van der Waals surface area (Å²) in [5.41, 5.74) is 3.18. The highest BCUT2D eigenvalue weighted by atomic mass is 16.5. The molecular formula is C18H24N4O2. The quantitative estimate of drug-likeness (QED) is 0.762. The van der Waals surface area contributed by atoms with Crippen LogP contribution in [0.25, 0.3) is 0 Å². The molecule has 0 saturated carbocycles. The number of aromatic nitrogens is 2. The number of hydrogen-bond acceptors (Lipinski definition) is 4. The van der Waals surface area contributed by atoms with Crippen LogP contribution in [0.3, 0.4) is 0 Å². The number of hydrogen-bond donors (Lipinski definition) is 3. The fourth-order valence-corrected chi connectivity index (χ4v) is 2.68. The number of anilines is 1. The van der Waals surface area contributed by atoms with E-state index >= 15 is 0 Å². The number of rotatable bonds is 6. The minimum atomic E-state index is -0.199. The summed E-state index contributed by atoms with van der Waals surface area (Å²) in [5, 5.41) is 13.3. The van der Waals surface area contributed by atoms with Crippen molar-refractivity contribution in [3.05, 3.63) is 41.2 Å². The largest absolute Gasteiger partial charge is 0.494 e.